The Balaban J connectivity index is 2.14. The minimum atomic E-state index is 0.00639. The van der Waals surface area contributed by atoms with E-state index in [1.807, 2.05) is 25.2 Å². The first-order valence-electron chi connectivity index (χ1n) is 6.36. The molecule has 1 heterocycles. The maximum atomic E-state index is 12.4. The molecule has 2 N–H and O–H groups in total. The molecule has 1 aliphatic rings. The molecule has 19 heavy (non-hydrogen) atoms. The highest BCUT2D eigenvalue weighted by Crippen LogP contribution is 2.14. The van der Waals surface area contributed by atoms with Crippen molar-refractivity contribution in [3.05, 3.63) is 35.4 Å². The zero-order chi connectivity index (χ0) is 13.7. The summed E-state index contributed by atoms with van der Waals surface area (Å²) >= 11 is 0. The number of hydrogen-bond acceptors (Lipinski definition) is 3. The van der Waals surface area contributed by atoms with Gasteiger partial charge in [-0.05, 0) is 24.6 Å². The van der Waals surface area contributed by atoms with Crippen LogP contribution in [0.25, 0.3) is 0 Å². The van der Waals surface area contributed by atoms with Crippen LogP contribution >= 0.6 is 0 Å². The van der Waals surface area contributed by atoms with Crippen molar-refractivity contribution >= 4 is 5.91 Å². The lowest BCUT2D eigenvalue weighted by atomic mass is 10.1. The first-order chi connectivity index (χ1) is 9.22. The van der Waals surface area contributed by atoms with Crippen LogP contribution in [-0.4, -0.2) is 43.7 Å². The molecule has 0 radical (unpaired) electrons. The van der Waals surface area contributed by atoms with E-state index in [0.717, 1.165) is 18.6 Å². The van der Waals surface area contributed by atoms with E-state index in [-0.39, 0.29) is 11.9 Å². The smallest absolute Gasteiger partial charge is 0.253 e. The second-order valence-electron chi connectivity index (χ2n) is 4.52. The van der Waals surface area contributed by atoms with Gasteiger partial charge in [0.15, 0.2) is 0 Å². The number of rotatable bonds is 2. The van der Waals surface area contributed by atoms with Gasteiger partial charge in [0.25, 0.3) is 5.91 Å². The van der Waals surface area contributed by atoms with Gasteiger partial charge in [-0.25, -0.2) is 0 Å². The lowest BCUT2D eigenvalue weighted by Crippen LogP contribution is -2.37. The quantitative estimate of drug-likeness (QED) is 0.800. The van der Waals surface area contributed by atoms with E-state index in [1.165, 1.54) is 0 Å². The predicted molar refractivity (Wildman–Crippen MR) is 73.7 cm³/mol. The van der Waals surface area contributed by atoms with E-state index in [0.29, 0.717) is 18.7 Å². The summed E-state index contributed by atoms with van der Waals surface area (Å²) in [6.45, 7) is 1.66. The number of ether oxygens (including phenoxy) is 1. The molecular weight excluding hydrogens is 240 g/mol. The van der Waals surface area contributed by atoms with Crippen LogP contribution in [0.5, 0.6) is 0 Å². The van der Waals surface area contributed by atoms with Gasteiger partial charge in [-0.2, -0.15) is 0 Å². The Hall–Kier alpha value is -1.83. The van der Waals surface area contributed by atoms with Crippen LogP contribution in [0.4, 0.5) is 0 Å². The van der Waals surface area contributed by atoms with Crippen LogP contribution < -0.4 is 5.73 Å². The Morgan fingerprint density at radius 1 is 1.58 bits per heavy atom. The van der Waals surface area contributed by atoms with Crippen molar-refractivity contribution in [1.29, 1.82) is 0 Å². The summed E-state index contributed by atoms with van der Waals surface area (Å²) in [7, 11) is 1.82. The van der Waals surface area contributed by atoms with E-state index in [1.54, 1.807) is 11.0 Å². The topological polar surface area (TPSA) is 55.6 Å². The van der Waals surface area contributed by atoms with Crippen LogP contribution in [0, 0.1) is 11.8 Å². The number of amides is 1. The molecule has 1 saturated heterocycles. The van der Waals surface area contributed by atoms with E-state index >= 15 is 0 Å². The number of benzene rings is 1. The number of likely N-dealkylation sites (N-methyl/N-ethyl adjacent to an activating group) is 1. The van der Waals surface area contributed by atoms with E-state index < -0.39 is 0 Å². The van der Waals surface area contributed by atoms with Crippen molar-refractivity contribution in [2.75, 3.05) is 26.8 Å². The lowest BCUT2D eigenvalue weighted by Gasteiger charge is -2.23. The molecule has 0 saturated carbocycles. The van der Waals surface area contributed by atoms with Gasteiger partial charge >= 0.3 is 0 Å². The zero-order valence-electron chi connectivity index (χ0n) is 11.1. The third kappa shape index (κ3) is 3.34. The fourth-order valence-electron chi connectivity index (χ4n) is 2.08. The van der Waals surface area contributed by atoms with Gasteiger partial charge < -0.3 is 15.4 Å². The average Bonchev–Trinajstić information content (AvgIpc) is 2.98. The van der Waals surface area contributed by atoms with Gasteiger partial charge in [-0.15, -0.1) is 0 Å². The maximum absolute atomic E-state index is 12.4. The van der Waals surface area contributed by atoms with Crippen molar-refractivity contribution in [3.8, 4) is 11.8 Å². The van der Waals surface area contributed by atoms with Crippen LogP contribution in [0.15, 0.2) is 24.3 Å². The molecular formula is C15H18N2O2. The second kappa shape index (κ2) is 6.37. The summed E-state index contributed by atoms with van der Waals surface area (Å²) in [6, 6.07) is 7.50. The molecule has 1 unspecified atom stereocenters. The molecule has 0 aromatic heterocycles. The molecule has 1 amide bonds. The highest BCUT2D eigenvalue weighted by Gasteiger charge is 2.24. The summed E-state index contributed by atoms with van der Waals surface area (Å²) in [4.78, 5) is 14.1. The molecule has 4 nitrogen and oxygen atoms in total. The average molecular weight is 258 g/mol. The number of carbonyl (C=O) groups is 1. The Bertz CT molecular complexity index is 510. The SMILES string of the molecule is CN(C(=O)c1cccc(C#CCN)c1)C1CCOC1. The highest BCUT2D eigenvalue weighted by atomic mass is 16.5. The molecule has 100 valence electrons. The van der Waals surface area contributed by atoms with Crippen molar-refractivity contribution in [2.24, 2.45) is 5.73 Å². The van der Waals surface area contributed by atoms with Crippen LogP contribution in [0.3, 0.4) is 0 Å². The minimum Gasteiger partial charge on any atom is -0.379 e. The van der Waals surface area contributed by atoms with Crippen molar-refractivity contribution in [3.63, 3.8) is 0 Å². The molecule has 1 aromatic rings. The molecule has 2 rings (SSSR count). The number of carbonyl (C=O) groups excluding carboxylic acids is 1. The molecule has 0 aliphatic carbocycles. The zero-order valence-corrected chi connectivity index (χ0v) is 11.1. The molecule has 1 aromatic carbocycles. The molecule has 4 heteroatoms. The van der Waals surface area contributed by atoms with Gasteiger partial charge in [-0.3, -0.25) is 4.79 Å². The van der Waals surface area contributed by atoms with Gasteiger partial charge in [0, 0.05) is 24.8 Å². The van der Waals surface area contributed by atoms with E-state index in [4.69, 9.17) is 10.5 Å². The molecule has 1 aliphatic heterocycles. The van der Waals surface area contributed by atoms with Gasteiger partial charge in [-0.1, -0.05) is 17.9 Å². The first kappa shape index (κ1) is 13.6. The first-order valence-corrected chi connectivity index (χ1v) is 6.36. The third-order valence-electron chi connectivity index (χ3n) is 3.22. The van der Waals surface area contributed by atoms with E-state index in [2.05, 4.69) is 11.8 Å². The van der Waals surface area contributed by atoms with Crippen LogP contribution in [-0.2, 0) is 4.74 Å². The van der Waals surface area contributed by atoms with Crippen LogP contribution in [0.2, 0.25) is 0 Å². The Kier molecular flexibility index (Phi) is 4.56. The predicted octanol–water partition coefficient (Wildman–Crippen LogP) is 0.858. The van der Waals surface area contributed by atoms with Crippen molar-refractivity contribution in [1.82, 2.24) is 4.90 Å². The van der Waals surface area contributed by atoms with Crippen molar-refractivity contribution < 1.29 is 9.53 Å². The number of hydrogen-bond donors (Lipinski definition) is 1. The van der Waals surface area contributed by atoms with Crippen LogP contribution in [0.1, 0.15) is 22.3 Å². The Morgan fingerprint density at radius 3 is 3.11 bits per heavy atom. The monoisotopic (exact) mass is 258 g/mol. The Morgan fingerprint density at radius 2 is 2.42 bits per heavy atom. The van der Waals surface area contributed by atoms with Gasteiger partial charge in [0.05, 0.1) is 19.2 Å². The number of nitrogens with zero attached hydrogens (tertiary/aromatic N) is 1. The molecule has 0 spiro atoms. The maximum Gasteiger partial charge on any atom is 0.253 e. The van der Waals surface area contributed by atoms with Crippen molar-refractivity contribution in [2.45, 2.75) is 12.5 Å². The fraction of sp³-hybridized carbons (Fsp3) is 0.400. The second-order valence-corrected chi connectivity index (χ2v) is 4.52. The third-order valence-corrected chi connectivity index (χ3v) is 3.22. The lowest BCUT2D eigenvalue weighted by molar-refractivity contribution is 0.0711. The fourth-order valence-corrected chi connectivity index (χ4v) is 2.08. The summed E-state index contributed by atoms with van der Waals surface area (Å²) in [5.41, 5.74) is 6.81. The molecule has 1 atom stereocenters. The van der Waals surface area contributed by atoms with E-state index in [9.17, 15) is 4.79 Å². The summed E-state index contributed by atoms with van der Waals surface area (Å²) in [5.74, 6) is 5.73. The normalized spacial score (nSPS) is 17.7. The summed E-state index contributed by atoms with van der Waals surface area (Å²) in [6.07, 6.45) is 0.898. The van der Waals surface area contributed by atoms with Gasteiger partial charge in [0.1, 0.15) is 0 Å². The minimum absolute atomic E-state index is 0.00639. The van der Waals surface area contributed by atoms with Gasteiger partial charge in [0.2, 0.25) is 0 Å². The summed E-state index contributed by atoms with van der Waals surface area (Å²) < 4.78 is 5.31. The Labute approximate surface area is 113 Å². The largest absolute Gasteiger partial charge is 0.379 e. The molecule has 1 fully saturated rings. The highest BCUT2D eigenvalue weighted by molar-refractivity contribution is 5.94. The summed E-state index contributed by atoms with van der Waals surface area (Å²) in [5, 5.41) is 0. The number of nitrogens with two attached hydrogens (primary N) is 1. The standard InChI is InChI=1S/C15H18N2O2/c1-17(14-7-9-19-11-14)15(18)13-6-2-4-12(10-13)5-3-8-16/h2,4,6,10,14H,7-9,11,16H2,1H3. The molecule has 0 bridgehead atoms.